The van der Waals surface area contributed by atoms with Crippen molar-refractivity contribution in [1.82, 2.24) is 19.4 Å². The molecule has 0 aliphatic carbocycles. The standard InChI is InChI=1S/C37H35ClN4O5S/c38-29-19-20-32-31(23-29)30(17-10-18-34-40-35(47-41-34)24-36(43)44)33(21-22-39-48(45,46)25-26-11-4-1-5-12-26)42(32)37(27-13-6-2-7-14-27)28-15-8-3-9-16-28/h1-9,11-16,19-20,23,37,39H,10,17-18,21-22,24-25H2,(H,43,44). The molecule has 0 aliphatic rings. The van der Waals surface area contributed by atoms with Gasteiger partial charge in [0.05, 0.1) is 11.8 Å². The number of halogens is 1. The summed E-state index contributed by atoms with van der Waals surface area (Å²) >= 11 is 6.60. The van der Waals surface area contributed by atoms with Crippen molar-refractivity contribution in [3.8, 4) is 0 Å². The molecule has 0 amide bonds. The number of benzene rings is 4. The maximum absolute atomic E-state index is 13.2. The first-order valence-corrected chi connectivity index (χ1v) is 17.8. The van der Waals surface area contributed by atoms with Crippen molar-refractivity contribution in [3.05, 3.63) is 154 Å². The third kappa shape index (κ3) is 8.02. The van der Waals surface area contributed by atoms with Crippen molar-refractivity contribution in [1.29, 1.82) is 0 Å². The molecule has 9 nitrogen and oxygen atoms in total. The zero-order chi connectivity index (χ0) is 33.5. The molecule has 246 valence electrons. The highest BCUT2D eigenvalue weighted by atomic mass is 35.5. The molecule has 2 heterocycles. The second kappa shape index (κ2) is 15.0. The highest BCUT2D eigenvalue weighted by molar-refractivity contribution is 7.88. The van der Waals surface area contributed by atoms with E-state index in [0.717, 1.165) is 38.9 Å². The molecule has 2 N–H and O–H groups in total. The molecule has 0 aliphatic heterocycles. The Labute approximate surface area is 284 Å². The fourth-order valence-electron chi connectivity index (χ4n) is 6.20. The number of hydrogen-bond donors (Lipinski definition) is 2. The summed E-state index contributed by atoms with van der Waals surface area (Å²) in [7, 11) is -3.60. The molecule has 11 heteroatoms. The largest absolute Gasteiger partial charge is 0.481 e. The van der Waals surface area contributed by atoms with Crippen molar-refractivity contribution in [2.24, 2.45) is 0 Å². The minimum Gasteiger partial charge on any atom is -0.481 e. The lowest BCUT2D eigenvalue weighted by atomic mass is 9.97. The van der Waals surface area contributed by atoms with Gasteiger partial charge in [-0.15, -0.1) is 0 Å². The number of aromatic nitrogens is 3. The van der Waals surface area contributed by atoms with Gasteiger partial charge in [0, 0.05) is 41.0 Å². The minimum atomic E-state index is -3.60. The first-order valence-electron chi connectivity index (χ1n) is 15.7. The van der Waals surface area contributed by atoms with Crippen molar-refractivity contribution in [3.63, 3.8) is 0 Å². The molecule has 0 spiro atoms. The second-order valence-corrected chi connectivity index (χ2v) is 13.8. The van der Waals surface area contributed by atoms with E-state index in [2.05, 4.69) is 43.7 Å². The van der Waals surface area contributed by atoms with E-state index < -0.39 is 16.0 Å². The molecule has 0 atom stereocenters. The number of carbonyl (C=O) groups is 1. The van der Waals surface area contributed by atoms with Gasteiger partial charge in [-0.1, -0.05) is 108 Å². The third-order valence-electron chi connectivity index (χ3n) is 8.19. The van der Waals surface area contributed by atoms with Gasteiger partial charge in [0.25, 0.3) is 0 Å². The molecule has 0 saturated carbocycles. The van der Waals surface area contributed by atoms with Crippen LogP contribution in [0.1, 0.15) is 52.1 Å². The summed E-state index contributed by atoms with van der Waals surface area (Å²) in [4.78, 5) is 15.3. The van der Waals surface area contributed by atoms with E-state index in [9.17, 15) is 13.2 Å². The van der Waals surface area contributed by atoms with Gasteiger partial charge in [-0.25, -0.2) is 13.1 Å². The molecular weight excluding hydrogens is 648 g/mol. The SMILES string of the molecule is O=C(O)Cc1nc(CCCc2c(CCNS(=O)(=O)Cc3ccccc3)n(C(c3ccccc3)c3ccccc3)c3ccc(Cl)cc23)no1. The number of sulfonamides is 1. The van der Waals surface area contributed by atoms with Gasteiger partial charge in [0.1, 0.15) is 6.42 Å². The number of carboxylic acid groups (broad SMARTS) is 1. The quantitative estimate of drug-likeness (QED) is 0.122. The summed E-state index contributed by atoms with van der Waals surface area (Å²) in [6, 6.07) is 35.3. The van der Waals surface area contributed by atoms with E-state index in [1.807, 2.05) is 72.8 Å². The molecule has 2 aromatic heterocycles. The van der Waals surface area contributed by atoms with E-state index in [-0.39, 0.29) is 30.7 Å². The summed E-state index contributed by atoms with van der Waals surface area (Å²) in [6.45, 7) is 0.200. The monoisotopic (exact) mass is 682 g/mol. The van der Waals surface area contributed by atoms with Crippen LogP contribution in [0.2, 0.25) is 5.02 Å². The highest BCUT2D eigenvalue weighted by Crippen LogP contribution is 2.38. The van der Waals surface area contributed by atoms with Gasteiger partial charge in [0.2, 0.25) is 15.9 Å². The van der Waals surface area contributed by atoms with Crippen LogP contribution in [0, 0.1) is 0 Å². The number of nitrogens with one attached hydrogen (secondary N) is 1. The molecule has 48 heavy (non-hydrogen) atoms. The molecule has 0 radical (unpaired) electrons. The molecule has 4 aromatic carbocycles. The lowest BCUT2D eigenvalue weighted by molar-refractivity contribution is -0.136. The fraction of sp³-hybridized carbons (Fsp3) is 0.216. The minimum absolute atomic E-state index is 0.0675. The molecule has 0 fully saturated rings. The Morgan fingerprint density at radius 2 is 1.52 bits per heavy atom. The first-order chi connectivity index (χ1) is 23.3. The summed E-state index contributed by atoms with van der Waals surface area (Å²) in [5.41, 5.74) is 5.93. The topological polar surface area (TPSA) is 127 Å². The van der Waals surface area contributed by atoms with Gasteiger partial charge in [-0.3, -0.25) is 4.79 Å². The third-order valence-corrected chi connectivity index (χ3v) is 9.79. The summed E-state index contributed by atoms with van der Waals surface area (Å²) in [6.07, 6.45) is 1.83. The van der Waals surface area contributed by atoms with Crippen LogP contribution in [-0.4, -0.2) is 40.7 Å². The Kier molecular flexibility index (Phi) is 10.3. The Bertz CT molecular complexity index is 2060. The highest BCUT2D eigenvalue weighted by Gasteiger charge is 2.26. The second-order valence-electron chi connectivity index (χ2n) is 11.6. The van der Waals surface area contributed by atoms with Crippen LogP contribution in [0.3, 0.4) is 0 Å². The molecular formula is C37H35ClN4O5S. The number of carboxylic acids is 1. The lowest BCUT2D eigenvalue weighted by Gasteiger charge is -2.25. The van der Waals surface area contributed by atoms with Crippen molar-refractivity contribution < 1.29 is 22.8 Å². The van der Waals surface area contributed by atoms with Gasteiger partial charge in [-0.05, 0) is 53.3 Å². The Morgan fingerprint density at radius 3 is 2.17 bits per heavy atom. The number of rotatable bonds is 15. The van der Waals surface area contributed by atoms with Crippen LogP contribution in [0.25, 0.3) is 10.9 Å². The van der Waals surface area contributed by atoms with Crippen LogP contribution in [0.15, 0.2) is 114 Å². The average molecular weight is 683 g/mol. The van der Waals surface area contributed by atoms with E-state index in [1.165, 1.54) is 0 Å². The maximum atomic E-state index is 13.2. The van der Waals surface area contributed by atoms with Gasteiger partial charge >= 0.3 is 5.97 Å². The normalized spacial score (nSPS) is 11.8. The zero-order valence-electron chi connectivity index (χ0n) is 26.1. The van der Waals surface area contributed by atoms with Crippen LogP contribution in [0.5, 0.6) is 0 Å². The van der Waals surface area contributed by atoms with Crippen molar-refractivity contribution in [2.45, 2.75) is 43.9 Å². The van der Waals surface area contributed by atoms with Gasteiger partial charge in [-0.2, -0.15) is 4.98 Å². The van der Waals surface area contributed by atoms with E-state index in [0.29, 0.717) is 36.5 Å². The smallest absolute Gasteiger partial charge is 0.312 e. The van der Waals surface area contributed by atoms with Crippen LogP contribution >= 0.6 is 11.6 Å². The van der Waals surface area contributed by atoms with E-state index >= 15 is 0 Å². The van der Waals surface area contributed by atoms with Gasteiger partial charge < -0.3 is 14.2 Å². The fourth-order valence-corrected chi connectivity index (χ4v) is 7.52. The number of hydrogen-bond acceptors (Lipinski definition) is 6. The summed E-state index contributed by atoms with van der Waals surface area (Å²) in [5, 5.41) is 14.6. The number of aryl methyl sites for hydroxylation is 2. The maximum Gasteiger partial charge on any atom is 0.312 e. The molecule has 0 saturated heterocycles. The predicted molar refractivity (Wildman–Crippen MR) is 186 cm³/mol. The molecule has 0 unspecified atom stereocenters. The van der Waals surface area contributed by atoms with Crippen LogP contribution < -0.4 is 4.72 Å². The summed E-state index contributed by atoms with van der Waals surface area (Å²) < 4.78 is 36.6. The van der Waals surface area contributed by atoms with Crippen molar-refractivity contribution in [2.75, 3.05) is 6.54 Å². The zero-order valence-corrected chi connectivity index (χ0v) is 27.7. The Balaban J connectivity index is 1.40. The van der Waals surface area contributed by atoms with Gasteiger partial charge in [0.15, 0.2) is 5.82 Å². The van der Waals surface area contributed by atoms with E-state index in [4.69, 9.17) is 21.2 Å². The van der Waals surface area contributed by atoms with E-state index in [1.54, 1.807) is 12.1 Å². The Morgan fingerprint density at radius 1 is 0.875 bits per heavy atom. The summed E-state index contributed by atoms with van der Waals surface area (Å²) in [5.74, 6) is -0.636. The predicted octanol–water partition coefficient (Wildman–Crippen LogP) is 6.78. The molecule has 6 rings (SSSR count). The average Bonchev–Trinajstić information content (AvgIpc) is 3.63. The lowest BCUT2D eigenvalue weighted by Crippen LogP contribution is -2.28. The molecule has 6 aromatic rings. The molecule has 0 bridgehead atoms. The number of aliphatic carboxylic acids is 1. The first kappa shape index (κ1) is 33.1. The number of nitrogens with zero attached hydrogens (tertiary/aromatic N) is 3. The van der Waals surface area contributed by atoms with Crippen LogP contribution in [0.4, 0.5) is 0 Å². The Hall–Kier alpha value is -4.77. The van der Waals surface area contributed by atoms with Crippen LogP contribution in [-0.2, 0) is 46.3 Å². The van der Waals surface area contributed by atoms with Crippen molar-refractivity contribution >= 4 is 38.5 Å². The number of fused-ring (bicyclic) bond motifs is 1.